The summed E-state index contributed by atoms with van der Waals surface area (Å²) < 4.78 is 6.75. The van der Waals surface area contributed by atoms with Crippen molar-refractivity contribution >= 4 is 38.3 Å². The molecule has 2 aliphatic heterocycles. The molecule has 8 heteroatoms. The van der Waals surface area contributed by atoms with E-state index in [2.05, 4.69) is 26.9 Å². The zero-order valence-electron chi connectivity index (χ0n) is 18.5. The van der Waals surface area contributed by atoms with E-state index in [1.54, 1.807) is 0 Å². The number of morpholine rings is 1. The van der Waals surface area contributed by atoms with E-state index in [4.69, 9.17) is 14.7 Å². The lowest BCUT2D eigenvalue weighted by molar-refractivity contribution is 0.122. The first-order valence-corrected chi connectivity index (χ1v) is 12.5. The lowest BCUT2D eigenvalue weighted by Crippen LogP contribution is -2.36. The molecular formula is C25H26N6OS. The molecule has 1 aromatic carbocycles. The first-order chi connectivity index (χ1) is 16.3. The topological polar surface area (TPSA) is 81.1 Å². The minimum Gasteiger partial charge on any atom is -0.378 e. The summed E-state index contributed by atoms with van der Waals surface area (Å²) in [4.78, 5) is 19.6. The van der Waals surface area contributed by atoms with Crippen molar-refractivity contribution in [1.29, 1.82) is 5.26 Å². The summed E-state index contributed by atoms with van der Waals surface area (Å²) in [6.45, 7) is 6.38. The lowest BCUT2D eigenvalue weighted by Gasteiger charge is -2.28. The Morgan fingerprint density at radius 2 is 1.91 bits per heavy atom. The quantitative estimate of drug-likeness (QED) is 0.484. The fourth-order valence-electron chi connectivity index (χ4n) is 4.91. The molecule has 2 aliphatic rings. The molecule has 168 valence electrons. The summed E-state index contributed by atoms with van der Waals surface area (Å²) in [5.74, 6) is 1.66. The van der Waals surface area contributed by atoms with Crippen LogP contribution in [0.25, 0.3) is 32.5 Å². The van der Waals surface area contributed by atoms with Gasteiger partial charge in [0.25, 0.3) is 0 Å². The van der Waals surface area contributed by atoms with Crippen LogP contribution in [-0.2, 0) is 11.3 Å². The molecule has 6 rings (SSSR count). The molecule has 0 aliphatic carbocycles. The standard InChI is InChI=1S/C25H26N6OS/c26-15-17-12-20(19-4-5-27-21(19)13-17)24-28-22-14-18(16-30-6-2-1-3-7-30)33-23(22)25(29-24)31-8-10-32-11-9-31/h4-5,12-14,27H,1-3,6-11,16H2. The molecule has 3 aromatic heterocycles. The van der Waals surface area contributed by atoms with E-state index < -0.39 is 0 Å². The van der Waals surface area contributed by atoms with Crippen LogP contribution in [0, 0.1) is 11.3 Å². The number of aromatic nitrogens is 3. The van der Waals surface area contributed by atoms with Crippen molar-refractivity contribution in [2.24, 2.45) is 0 Å². The average molecular weight is 459 g/mol. The largest absolute Gasteiger partial charge is 0.378 e. The summed E-state index contributed by atoms with van der Waals surface area (Å²) in [6.07, 6.45) is 5.82. The second kappa shape index (κ2) is 8.75. The minimum atomic E-state index is 0.604. The number of H-pyrrole nitrogens is 1. The molecule has 0 atom stereocenters. The van der Waals surface area contributed by atoms with Crippen LogP contribution in [0.15, 0.2) is 30.5 Å². The zero-order valence-corrected chi connectivity index (χ0v) is 19.3. The Labute approximate surface area is 196 Å². The normalized spacial score (nSPS) is 17.6. The number of piperidine rings is 1. The predicted octanol–water partition coefficient (Wildman–Crippen LogP) is 4.53. The molecule has 0 bridgehead atoms. The second-order valence-corrected chi connectivity index (χ2v) is 9.95. The SMILES string of the molecule is N#Cc1cc(-c2nc(N3CCOCC3)c3sc(CN4CCCCC4)cc3n2)c2cc[nH]c2c1. The maximum atomic E-state index is 9.57. The molecule has 2 fully saturated rings. The van der Waals surface area contributed by atoms with E-state index in [0.717, 1.165) is 52.1 Å². The number of ether oxygens (including phenoxy) is 1. The number of benzene rings is 1. The Balaban J connectivity index is 1.49. The van der Waals surface area contributed by atoms with Crippen LogP contribution in [0.5, 0.6) is 0 Å². The number of nitriles is 1. The maximum absolute atomic E-state index is 9.57. The molecule has 1 N–H and O–H groups in total. The van der Waals surface area contributed by atoms with Crippen molar-refractivity contribution in [1.82, 2.24) is 19.9 Å². The van der Waals surface area contributed by atoms with Crippen LogP contribution in [-0.4, -0.2) is 59.2 Å². The van der Waals surface area contributed by atoms with Crippen molar-refractivity contribution in [3.8, 4) is 17.5 Å². The van der Waals surface area contributed by atoms with E-state index >= 15 is 0 Å². The van der Waals surface area contributed by atoms with Crippen LogP contribution in [0.3, 0.4) is 0 Å². The average Bonchev–Trinajstić information content (AvgIpc) is 3.50. The number of nitrogens with one attached hydrogen (secondary N) is 1. The number of hydrogen-bond donors (Lipinski definition) is 1. The smallest absolute Gasteiger partial charge is 0.162 e. The van der Waals surface area contributed by atoms with Crippen LogP contribution in [0.2, 0.25) is 0 Å². The summed E-state index contributed by atoms with van der Waals surface area (Å²) >= 11 is 1.82. The first-order valence-electron chi connectivity index (χ1n) is 11.7. The molecule has 0 amide bonds. The number of rotatable bonds is 4. The third-order valence-corrected chi connectivity index (χ3v) is 7.69. The minimum absolute atomic E-state index is 0.604. The van der Waals surface area contributed by atoms with Gasteiger partial charge in [0.2, 0.25) is 0 Å². The summed E-state index contributed by atoms with van der Waals surface area (Å²) in [5.41, 5.74) is 3.42. The third-order valence-electron chi connectivity index (χ3n) is 6.58. The summed E-state index contributed by atoms with van der Waals surface area (Å²) in [7, 11) is 0. The number of likely N-dealkylation sites (tertiary alicyclic amines) is 1. The van der Waals surface area contributed by atoms with Gasteiger partial charge in [0, 0.05) is 47.2 Å². The fourth-order valence-corrected chi connectivity index (χ4v) is 6.06. The maximum Gasteiger partial charge on any atom is 0.162 e. The lowest BCUT2D eigenvalue weighted by atomic mass is 10.1. The Morgan fingerprint density at radius 1 is 1.06 bits per heavy atom. The van der Waals surface area contributed by atoms with Crippen LogP contribution in [0.1, 0.15) is 29.7 Å². The number of hydrogen-bond acceptors (Lipinski definition) is 7. The van der Waals surface area contributed by atoms with Crippen molar-refractivity contribution in [2.75, 3.05) is 44.3 Å². The molecule has 0 spiro atoms. The molecule has 5 heterocycles. The molecule has 0 unspecified atom stereocenters. The van der Waals surface area contributed by atoms with Crippen LogP contribution in [0.4, 0.5) is 5.82 Å². The highest BCUT2D eigenvalue weighted by atomic mass is 32.1. The van der Waals surface area contributed by atoms with Crippen molar-refractivity contribution in [3.05, 3.63) is 40.9 Å². The Kier molecular flexibility index (Phi) is 5.46. The van der Waals surface area contributed by atoms with Gasteiger partial charge in [-0.15, -0.1) is 11.3 Å². The highest BCUT2D eigenvalue weighted by Gasteiger charge is 2.22. The van der Waals surface area contributed by atoms with Crippen molar-refractivity contribution in [2.45, 2.75) is 25.8 Å². The molecule has 2 saturated heterocycles. The van der Waals surface area contributed by atoms with Crippen LogP contribution < -0.4 is 4.90 Å². The van der Waals surface area contributed by atoms with E-state index in [1.165, 1.54) is 37.2 Å². The van der Waals surface area contributed by atoms with E-state index in [-0.39, 0.29) is 0 Å². The van der Waals surface area contributed by atoms with Gasteiger partial charge in [-0.05, 0) is 50.2 Å². The molecule has 7 nitrogen and oxygen atoms in total. The Bertz CT molecular complexity index is 1340. The van der Waals surface area contributed by atoms with E-state index in [0.29, 0.717) is 24.6 Å². The van der Waals surface area contributed by atoms with Crippen molar-refractivity contribution < 1.29 is 4.74 Å². The first kappa shape index (κ1) is 20.6. The number of anilines is 1. The van der Waals surface area contributed by atoms with Gasteiger partial charge < -0.3 is 14.6 Å². The second-order valence-electron chi connectivity index (χ2n) is 8.81. The highest BCUT2D eigenvalue weighted by Crippen LogP contribution is 2.37. The summed E-state index contributed by atoms with van der Waals surface area (Å²) in [5, 5.41) is 10.6. The Morgan fingerprint density at radius 3 is 2.73 bits per heavy atom. The van der Waals surface area contributed by atoms with Gasteiger partial charge in [-0.1, -0.05) is 6.42 Å². The number of fused-ring (bicyclic) bond motifs is 2. The summed E-state index contributed by atoms with van der Waals surface area (Å²) in [6, 6.07) is 10.3. The van der Waals surface area contributed by atoms with Gasteiger partial charge >= 0.3 is 0 Å². The van der Waals surface area contributed by atoms with Gasteiger partial charge in [-0.2, -0.15) is 5.26 Å². The van der Waals surface area contributed by atoms with Gasteiger partial charge in [0.15, 0.2) is 11.6 Å². The number of aromatic amines is 1. The zero-order chi connectivity index (χ0) is 22.2. The molecule has 4 aromatic rings. The fraction of sp³-hybridized carbons (Fsp3) is 0.400. The van der Waals surface area contributed by atoms with Crippen LogP contribution >= 0.6 is 11.3 Å². The predicted molar refractivity (Wildman–Crippen MR) is 132 cm³/mol. The van der Waals surface area contributed by atoms with Gasteiger partial charge in [-0.25, -0.2) is 9.97 Å². The highest BCUT2D eigenvalue weighted by molar-refractivity contribution is 7.19. The number of thiophene rings is 1. The third kappa shape index (κ3) is 3.97. The molecule has 0 radical (unpaired) electrons. The molecule has 33 heavy (non-hydrogen) atoms. The van der Waals surface area contributed by atoms with Crippen molar-refractivity contribution in [3.63, 3.8) is 0 Å². The van der Waals surface area contributed by atoms with Gasteiger partial charge in [0.1, 0.15) is 0 Å². The number of nitrogens with zero attached hydrogens (tertiary/aromatic N) is 5. The van der Waals surface area contributed by atoms with E-state index in [9.17, 15) is 5.26 Å². The van der Waals surface area contributed by atoms with E-state index in [1.807, 2.05) is 35.7 Å². The molecule has 0 saturated carbocycles. The van der Waals surface area contributed by atoms with Gasteiger partial charge in [-0.3, -0.25) is 4.90 Å². The Hall–Kier alpha value is -2.99. The monoisotopic (exact) mass is 458 g/mol. The van der Waals surface area contributed by atoms with Gasteiger partial charge in [0.05, 0.1) is 35.1 Å². The molecular weight excluding hydrogens is 432 g/mol.